The standard InChI is InChI=1S/C21H18O2S/c22-14-15-24-18-12-10-17(11-13-18)21(23)20-9-5-4-8-19(20)16-6-2-1-3-7-16/h1-13,22H,14-15H2. The van der Waals surface area contributed by atoms with Crippen molar-refractivity contribution >= 4 is 17.5 Å². The highest BCUT2D eigenvalue weighted by Gasteiger charge is 2.14. The van der Waals surface area contributed by atoms with Crippen molar-refractivity contribution in [3.63, 3.8) is 0 Å². The molecule has 0 unspecified atom stereocenters. The van der Waals surface area contributed by atoms with Gasteiger partial charge in [-0.3, -0.25) is 4.79 Å². The van der Waals surface area contributed by atoms with Crippen LogP contribution in [0.5, 0.6) is 0 Å². The highest BCUT2D eigenvalue weighted by Crippen LogP contribution is 2.26. The summed E-state index contributed by atoms with van der Waals surface area (Å²) in [4.78, 5) is 14.0. The van der Waals surface area contributed by atoms with E-state index in [9.17, 15) is 4.79 Å². The van der Waals surface area contributed by atoms with Gasteiger partial charge in [0, 0.05) is 21.8 Å². The van der Waals surface area contributed by atoms with Crippen LogP contribution in [0.2, 0.25) is 0 Å². The molecular formula is C21H18O2S. The van der Waals surface area contributed by atoms with E-state index in [1.54, 1.807) is 11.8 Å². The minimum atomic E-state index is 0.0214. The van der Waals surface area contributed by atoms with E-state index in [1.165, 1.54) is 0 Å². The van der Waals surface area contributed by atoms with E-state index in [0.717, 1.165) is 16.0 Å². The van der Waals surface area contributed by atoms with Crippen LogP contribution in [0.4, 0.5) is 0 Å². The zero-order chi connectivity index (χ0) is 16.8. The molecule has 0 heterocycles. The Kier molecular flexibility index (Phi) is 5.47. The molecule has 0 bridgehead atoms. The Morgan fingerprint density at radius 3 is 2.21 bits per heavy atom. The number of aliphatic hydroxyl groups is 1. The Balaban J connectivity index is 1.91. The van der Waals surface area contributed by atoms with Gasteiger partial charge in [0.05, 0.1) is 6.61 Å². The molecule has 0 saturated heterocycles. The lowest BCUT2D eigenvalue weighted by Crippen LogP contribution is -2.03. The molecule has 0 atom stereocenters. The molecular weight excluding hydrogens is 316 g/mol. The van der Waals surface area contributed by atoms with Gasteiger partial charge in [0.2, 0.25) is 0 Å². The van der Waals surface area contributed by atoms with Crippen LogP contribution in [0.3, 0.4) is 0 Å². The normalized spacial score (nSPS) is 10.5. The minimum Gasteiger partial charge on any atom is -0.396 e. The number of hydrogen-bond donors (Lipinski definition) is 1. The van der Waals surface area contributed by atoms with Crippen molar-refractivity contribution in [3.05, 3.63) is 90.0 Å². The number of benzene rings is 3. The molecule has 0 radical (unpaired) electrons. The van der Waals surface area contributed by atoms with Crippen molar-refractivity contribution < 1.29 is 9.90 Å². The lowest BCUT2D eigenvalue weighted by atomic mass is 9.94. The molecule has 0 aliphatic rings. The first-order chi connectivity index (χ1) is 11.8. The number of thioether (sulfide) groups is 1. The number of carbonyl (C=O) groups is 1. The maximum Gasteiger partial charge on any atom is 0.193 e. The van der Waals surface area contributed by atoms with E-state index < -0.39 is 0 Å². The Labute approximate surface area is 146 Å². The van der Waals surface area contributed by atoms with Crippen molar-refractivity contribution in [2.75, 3.05) is 12.4 Å². The largest absolute Gasteiger partial charge is 0.396 e. The number of rotatable bonds is 6. The van der Waals surface area contributed by atoms with Crippen molar-refractivity contribution in [2.45, 2.75) is 4.90 Å². The molecule has 3 rings (SSSR count). The van der Waals surface area contributed by atoms with E-state index in [4.69, 9.17) is 5.11 Å². The van der Waals surface area contributed by atoms with Crippen molar-refractivity contribution in [1.82, 2.24) is 0 Å². The fraction of sp³-hybridized carbons (Fsp3) is 0.0952. The first-order valence-electron chi connectivity index (χ1n) is 7.82. The first-order valence-corrected chi connectivity index (χ1v) is 8.81. The molecule has 3 aromatic carbocycles. The summed E-state index contributed by atoms with van der Waals surface area (Å²) in [5.74, 6) is 0.678. The van der Waals surface area contributed by atoms with Gasteiger partial charge in [-0.15, -0.1) is 11.8 Å². The van der Waals surface area contributed by atoms with Crippen LogP contribution < -0.4 is 0 Å². The Morgan fingerprint density at radius 1 is 0.833 bits per heavy atom. The van der Waals surface area contributed by atoms with Crippen LogP contribution in [-0.4, -0.2) is 23.2 Å². The molecule has 24 heavy (non-hydrogen) atoms. The zero-order valence-electron chi connectivity index (χ0n) is 13.2. The second kappa shape index (κ2) is 7.95. The average molecular weight is 334 g/mol. The van der Waals surface area contributed by atoms with Gasteiger partial charge >= 0.3 is 0 Å². The zero-order valence-corrected chi connectivity index (χ0v) is 14.0. The van der Waals surface area contributed by atoms with Crippen LogP contribution in [0.25, 0.3) is 11.1 Å². The predicted octanol–water partition coefficient (Wildman–Crippen LogP) is 4.67. The lowest BCUT2D eigenvalue weighted by Gasteiger charge is -2.09. The maximum absolute atomic E-state index is 12.9. The quantitative estimate of drug-likeness (QED) is 0.526. The smallest absolute Gasteiger partial charge is 0.193 e. The van der Waals surface area contributed by atoms with Crippen molar-refractivity contribution in [3.8, 4) is 11.1 Å². The van der Waals surface area contributed by atoms with Crippen LogP contribution in [0.1, 0.15) is 15.9 Å². The molecule has 3 aromatic rings. The summed E-state index contributed by atoms with van der Waals surface area (Å²) >= 11 is 1.58. The van der Waals surface area contributed by atoms with E-state index in [1.807, 2.05) is 78.9 Å². The molecule has 0 fully saturated rings. The SMILES string of the molecule is O=C(c1ccc(SCCO)cc1)c1ccccc1-c1ccccc1. The summed E-state index contributed by atoms with van der Waals surface area (Å²) in [5, 5.41) is 8.88. The topological polar surface area (TPSA) is 37.3 Å². The second-order valence-electron chi connectivity index (χ2n) is 5.34. The molecule has 1 N–H and O–H groups in total. The van der Waals surface area contributed by atoms with E-state index in [2.05, 4.69) is 0 Å². The Bertz CT molecular complexity index is 811. The highest BCUT2D eigenvalue weighted by atomic mass is 32.2. The Morgan fingerprint density at radius 2 is 1.50 bits per heavy atom. The monoisotopic (exact) mass is 334 g/mol. The van der Waals surface area contributed by atoms with Crippen molar-refractivity contribution in [1.29, 1.82) is 0 Å². The molecule has 0 aliphatic heterocycles. The Hall–Kier alpha value is -2.36. The van der Waals surface area contributed by atoms with E-state index in [0.29, 0.717) is 16.9 Å². The third kappa shape index (κ3) is 3.75. The molecule has 0 amide bonds. The van der Waals surface area contributed by atoms with E-state index in [-0.39, 0.29) is 12.4 Å². The molecule has 0 aromatic heterocycles. The number of carbonyl (C=O) groups excluding carboxylic acids is 1. The molecule has 0 saturated carbocycles. The number of hydrogen-bond acceptors (Lipinski definition) is 3. The third-order valence-corrected chi connectivity index (χ3v) is 4.73. The number of ketones is 1. The van der Waals surface area contributed by atoms with Crippen LogP contribution in [0, 0.1) is 0 Å². The van der Waals surface area contributed by atoms with Crippen molar-refractivity contribution in [2.24, 2.45) is 0 Å². The van der Waals surface area contributed by atoms with Crippen LogP contribution in [-0.2, 0) is 0 Å². The summed E-state index contributed by atoms with van der Waals surface area (Å²) in [6.07, 6.45) is 0. The van der Waals surface area contributed by atoms with Gasteiger partial charge in [-0.05, 0) is 35.4 Å². The van der Waals surface area contributed by atoms with Gasteiger partial charge in [-0.2, -0.15) is 0 Å². The number of aliphatic hydroxyl groups excluding tert-OH is 1. The summed E-state index contributed by atoms with van der Waals surface area (Å²) in [5.41, 5.74) is 3.37. The van der Waals surface area contributed by atoms with Gasteiger partial charge < -0.3 is 5.11 Å². The maximum atomic E-state index is 12.9. The molecule has 2 nitrogen and oxygen atoms in total. The van der Waals surface area contributed by atoms with Crippen LogP contribution >= 0.6 is 11.8 Å². The summed E-state index contributed by atoms with van der Waals surface area (Å²) in [6, 6.07) is 25.2. The predicted molar refractivity (Wildman–Crippen MR) is 99.6 cm³/mol. The lowest BCUT2D eigenvalue weighted by molar-refractivity contribution is 0.103. The minimum absolute atomic E-state index is 0.0214. The van der Waals surface area contributed by atoms with Gasteiger partial charge in [0.15, 0.2) is 5.78 Å². The fourth-order valence-electron chi connectivity index (χ4n) is 2.57. The van der Waals surface area contributed by atoms with Gasteiger partial charge in [0.25, 0.3) is 0 Å². The molecule has 0 spiro atoms. The third-order valence-electron chi connectivity index (χ3n) is 3.73. The summed E-state index contributed by atoms with van der Waals surface area (Å²) in [6.45, 7) is 0.149. The molecule has 120 valence electrons. The molecule has 3 heteroatoms. The second-order valence-corrected chi connectivity index (χ2v) is 6.51. The molecule has 0 aliphatic carbocycles. The summed E-state index contributed by atoms with van der Waals surface area (Å²) < 4.78 is 0. The van der Waals surface area contributed by atoms with Crippen LogP contribution in [0.15, 0.2) is 83.8 Å². The average Bonchev–Trinajstić information content (AvgIpc) is 2.67. The van der Waals surface area contributed by atoms with Gasteiger partial charge in [-0.1, -0.05) is 54.6 Å². The fourth-order valence-corrected chi connectivity index (χ4v) is 3.23. The van der Waals surface area contributed by atoms with Gasteiger partial charge in [0.1, 0.15) is 0 Å². The first kappa shape index (κ1) is 16.5. The van der Waals surface area contributed by atoms with Gasteiger partial charge in [-0.25, -0.2) is 0 Å². The highest BCUT2D eigenvalue weighted by molar-refractivity contribution is 7.99. The summed E-state index contributed by atoms with van der Waals surface area (Å²) in [7, 11) is 0. The van der Waals surface area contributed by atoms with E-state index >= 15 is 0 Å².